The molecule has 0 aliphatic carbocycles. The Morgan fingerprint density at radius 2 is 1.86 bits per heavy atom. The quantitative estimate of drug-likeness (QED) is 0.725. The fourth-order valence-electron chi connectivity index (χ4n) is 3.59. The minimum absolute atomic E-state index is 0.283. The molecular weight excluding hydrogens is 376 g/mol. The molecule has 3 aromatic rings. The minimum Gasteiger partial charge on any atom is -0.445 e. The summed E-state index contributed by atoms with van der Waals surface area (Å²) >= 11 is 0. The molecule has 0 bridgehead atoms. The van der Waals surface area contributed by atoms with E-state index in [-0.39, 0.29) is 6.04 Å². The predicted molar refractivity (Wildman–Crippen MR) is 105 cm³/mol. The van der Waals surface area contributed by atoms with Crippen LogP contribution in [0.4, 0.5) is 5.82 Å². The van der Waals surface area contributed by atoms with Crippen molar-refractivity contribution < 1.29 is 13.4 Å². The van der Waals surface area contributed by atoms with Gasteiger partial charge in [0.05, 0.1) is 22.7 Å². The maximum atomic E-state index is 12.5. The number of benzene rings is 1. The van der Waals surface area contributed by atoms with Crippen LogP contribution in [-0.2, 0) is 22.0 Å². The molecule has 2 aliphatic heterocycles. The molecule has 2 aliphatic rings. The zero-order valence-corrected chi connectivity index (χ0v) is 16.1. The Morgan fingerprint density at radius 3 is 2.61 bits per heavy atom. The number of oxazole rings is 1. The van der Waals surface area contributed by atoms with Crippen LogP contribution < -0.4 is 5.32 Å². The molecule has 1 atom stereocenters. The van der Waals surface area contributed by atoms with E-state index in [2.05, 4.69) is 10.3 Å². The van der Waals surface area contributed by atoms with Crippen LogP contribution in [0.25, 0.3) is 22.8 Å². The molecular formula is C20H20N4O3S. The number of hydrogen-bond acceptors (Lipinski definition) is 7. The van der Waals surface area contributed by atoms with E-state index >= 15 is 0 Å². The number of aromatic nitrogens is 3. The smallest absolute Gasteiger partial charge is 0.225 e. The number of nitrogens with one attached hydrogen (secondary N) is 1. The number of aryl methyl sites for hydroxylation is 1. The Hall–Kier alpha value is -2.58. The third kappa shape index (κ3) is 3.33. The molecule has 144 valence electrons. The van der Waals surface area contributed by atoms with Crippen LogP contribution in [0.2, 0.25) is 0 Å². The molecule has 0 radical (unpaired) electrons. The lowest BCUT2D eigenvalue weighted by Gasteiger charge is -2.24. The SMILES string of the molecule is O=[S@]1CCc2nc(-c3ccc(-c4ncco4)cc3)nc(NC3CCOCC3)c21. The van der Waals surface area contributed by atoms with E-state index < -0.39 is 10.8 Å². The summed E-state index contributed by atoms with van der Waals surface area (Å²) in [5, 5.41) is 3.51. The molecule has 1 saturated heterocycles. The first-order valence-corrected chi connectivity index (χ1v) is 10.7. The average molecular weight is 396 g/mol. The van der Waals surface area contributed by atoms with Gasteiger partial charge in [0.15, 0.2) is 5.82 Å². The van der Waals surface area contributed by atoms with E-state index in [0.29, 0.717) is 29.7 Å². The van der Waals surface area contributed by atoms with Crippen LogP contribution >= 0.6 is 0 Å². The third-order valence-corrected chi connectivity index (χ3v) is 6.53. The normalized spacial score (nSPS) is 19.5. The van der Waals surface area contributed by atoms with Gasteiger partial charge in [-0.05, 0) is 25.0 Å². The number of nitrogens with zero attached hydrogens (tertiary/aromatic N) is 3. The second-order valence-corrected chi connectivity index (χ2v) is 8.42. The van der Waals surface area contributed by atoms with E-state index in [1.807, 2.05) is 24.3 Å². The molecule has 5 rings (SSSR count). The van der Waals surface area contributed by atoms with Crippen LogP contribution in [0.3, 0.4) is 0 Å². The summed E-state index contributed by atoms with van der Waals surface area (Å²) in [5.74, 6) is 2.54. The Kier molecular flexibility index (Phi) is 4.66. The first kappa shape index (κ1) is 17.5. The Balaban J connectivity index is 1.49. The summed E-state index contributed by atoms with van der Waals surface area (Å²) < 4.78 is 23.3. The van der Waals surface area contributed by atoms with Crippen molar-refractivity contribution in [3.05, 3.63) is 42.4 Å². The van der Waals surface area contributed by atoms with Gasteiger partial charge < -0.3 is 14.5 Å². The molecule has 2 aromatic heterocycles. The zero-order chi connectivity index (χ0) is 18.9. The average Bonchev–Trinajstić information content (AvgIpc) is 3.39. The summed E-state index contributed by atoms with van der Waals surface area (Å²) in [4.78, 5) is 14.4. The number of rotatable bonds is 4. The highest BCUT2D eigenvalue weighted by atomic mass is 32.2. The van der Waals surface area contributed by atoms with Gasteiger partial charge in [-0.3, -0.25) is 4.21 Å². The van der Waals surface area contributed by atoms with Gasteiger partial charge in [-0.2, -0.15) is 0 Å². The van der Waals surface area contributed by atoms with Crippen molar-refractivity contribution in [2.45, 2.75) is 30.2 Å². The molecule has 0 amide bonds. The van der Waals surface area contributed by atoms with Gasteiger partial charge in [-0.1, -0.05) is 12.1 Å². The van der Waals surface area contributed by atoms with E-state index in [4.69, 9.17) is 19.1 Å². The van der Waals surface area contributed by atoms with Gasteiger partial charge >= 0.3 is 0 Å². The molecule has 1 N–H and O–H groups in total. The molecule has 1 fully saturated rings. The van der Waals surface area contributed by atoms with Crippen LogP contribution in [0.5, 0.6) is 0 Å². The first-order valence-electron chi connectivity index (χ1n) is 9.42. The maximum Gasteiger partial charge on any atom is 0.225 e. The Bertz CT molecular complexity index is 999. The maximum absolute atomic E-state index is 12.5. The highest BCUT2D eigenvalue weighted by Crippen LogP contribution is 2.32. The van der Waals surface area contributed by atoms with Gasteiger partial charge in [0.25, 0.3) is 0 Å². The second-order valence-electron chi connectivity index (χ2n) is 6.92. The topological polar surface area (TPSA) is 90.1 Å². The monoisotopic (exact) mass is 396 g/mol. The lowest BCUT2D eigenvalue weighted by atomic mass is 10.1. The first-order chi connectivity index (χ1) is 13.8. The number of ether oxygens (including phenoxy) is 1. The van der Waals surface area contributed by atoms with E-state index in [9.17, 15) is 4.21 Å². The molecule has 28 heavy (non-hydrogen) atoms. The van der Waals surface area contributed by atoms with E-state index in [1.54, 1.807) is 12.5 Å². The Morgan fingerprint density at radius 1 is 1.07 bits per heavy atom. The summed E-state index contributed by atoms with van der Waals surface area (Å²) in [6.07, 6.45) is 5.74. The number of anilines is 1. The van der Waals surface area contributed by atoms with Gasteiger partial charge in [0, 0.05) is 42.6 Å². The van der Waals surface area contributed by atoms with Crippen molar-refractivity contribution in [1.29, 1.82) is 0 Å². The molecule has 0 spiro atoms. The molecule has 4 heterocycles. The van der Waals surface area contributed by atoms with Gasteiger partial charge in [0.2, 0.25) is 5.89 Å². The number of hydrogen-bond donors (Lipinski definition) is 1. The van der Waals surface area contributed by atoms with Crippen molar-refractivity contribution >= 4 is 16.6 Å². The van der Waals surface area contributed by atoms with Gasteiger partial charge in [0.1, 0.15) is 17.0 Å². The van der Waals surface area contributed by atoms with Crippen LogP contribution in [0.15, 0.2) is 46.0 Å². The van der Waals surface area contributed by atoms with Crippen molar-refractivity contribution in [3.8, 4) is 22.8 Å². The molecule has 1 aromatic carbocycles. The highest BCUT2D eigenvalue weighted by molar-refractivity contribution is 7.85. The lowest BCUT2D eigenvalue weighted by Crippen LogP contribution is -2.29. The van der Waals surface area contributed by atoms with Crippen molar-refractivity contribution in [3.63, 3.8) is 0 Å². The lowest BCUT2D eigenvalue weighted by molar-refractivity contribution is 0.0903. The molecule has 0 saturated carbocycles. The fourth-order valence-corrected chi connectivity index (χ4v) is 4.90. The minimum atomic E-state index is -1.04. The molecule has 8 heteroatoms. The van der Waals surface area contributed by atoms with E-state index in [0.717, 1.165) is 47.8 Å². The summed E-state index contributed by atoms with van der Waals surface area (Å²) in [6, 6.07) is 8.10. The van der Waals surface area contributed by atoms with Crippen molar-refractivity contribution in [1.82, 2.24) is 15.0 Å². The third-order valence-electron chi connectivity index (χ3n) is 5.07. The fraction of sp³-hybridized carbons (Fsp3) is 0.350. The van der Waals surface area contributed by atoms with Crippen LogP contribution in [0.1, 0.15) is 18.5 Å². The molecule has 0 unspecified atom stereocenters. The summed E-state index contributed by atoms with van der Waals surface area (Å²) in [7, 11) is -1.04. The van der Waals surface area contributed by atoms with Crippen LogP contribution in [-0.4, -0.2) is 44.2 Å². The zero-order valence-electron chi connectivity index (χ0n) is 15.3. The summed E-state index contributed by atoms with van der Waals surface area (Å²) in [6.45, 7) is 1.48. The standard InChI is InChI=1S/C20H20N4O3S/c25-28-12-7-16-17(28)19(22-15-5-9-26-10-6-15)24-18(23-16)13-1-3-14(4-2-13)20-21-8-11-27-20/h1-4,8,11,15H,5-7,9-10,12H2,(H,22,23,24)/t28-/m0/s1. The molecule has 7 nitrogen and oxygen atoms in total. The largest absolute Gasteiger partial charge is 0.445 e. The van der Waals surface area contributed by atoms with E-state index in [1.165, 1.54) is 0 Å². The second kappa shape index (κ2) is 7.44. The predicted octanol–water partition coefficient (Wildman–Crippen LogP) is 3.05. The van der Waals surface area contributed by atoms with Crippen molar-refractivity contribution in [2.75, 3.05) is 24.3 Å². The number of fused-ring (bicyclic) bond motifs is 1. The highest BCUT2D eigenvalue weighted by Gasteiger charge is 2.27. The van der Waals surface area contributed by atoms with Gasteiger partial charge in [-0.25, -0.2) is 15.0 Å². The van der Waals surface area contributed by atoms with Crippen molar-refractivity contribution in [2.24, 2.45) is 0 Å². The van der Waals surface area contributed by atoms with Crippen LogP contribution in [0, 0.1) is 0 Å². The van der Waals surface area contributed by atoms with Gasteiger partial charge in [-0.15, -0.1) is 0 Å². The summed E-state index contributed by atoms with van der Waals surface area (Å²) in [5.41, 5.74) is 2.69. The Labute approximate surface area is 165 Å².